The second-order valence-corrected chi connectivity index (χ2v) is 4.27. The van der Waals surface area contributed by atoms with Crippen molar-refractivity contribution in [1.82, 2.24) is 14.9 Å². The molecule has 0 aliphatic carbocycles. The summed E-state index contributed by atoms with van der Waals surface area (Å²) in [5, 5.41) is 11.5. The van der Waals surface area contributed by atoms with E-state index in [1.54, 1.807) is 17.1 Å². The number of nitrogens with zero attached hydrogens (tertiary/aromatic N) is 2. The van der Waals surface area contributed by atoms with Gasteiger partial charge in [-0.3, -0.25) is 4.79 Å². The zero-order valence-corrected chi connectivity index (χ0v) is 11.1. The second kappa shape index (κ2) is 6.55. The lowest BCUT2D eigenvalue weighted by Crippen LogP contribution is -2.23. The number of aliphatic hydroxyl groups excluding tert-OH is 1. The minimum Gasteiger partial charge on any atom is -0.384 e. The van der Waals surface area contributed by atoms with Gasteiger partial charge in [0.05, 0.1) is 6.33 Å². The first-order valence-electron chi connectivity index (χ1n) is 6.14. The van der Waals surface area contributed by atoms with Crippen LogP contribution in [-0.4, -0.2) is 27.2 Å². The van der Waals surface area contributed by atoms with Crippen molar-refractivity contribution < 1.29 is 9.90 Å². The molecule has 20 heavy (non-hydrogen) atoms. The van der Waals surface area contributed by atoms with Gasteiger partial charge >= 0.3 is 0 Å². The molecule has 0 saturated carbocycles. The van der Waals surface area contributed by atoms with Gasteiger partial charge in [0.15, 0.2) is 0 Å². The van der Waals surface area contributed by atoms with Gasteiger partial charge in [-0.1, -0.05) is 24.0 Å². The number of amides is 1. The van der Waals surface area contributed by atoms with Gasteiger partial charge in [-0.15, -0.1) is 0 Å². The molecule has 2 aromatic rings. The number of carbonyl (C=O) groups excluding carboxylic acids is 1. The maximum Gasteiger partial charge on any atom is 0.271 e. The highest BCUT2D eigenvalue weighted by molar-refractivity contribution is 5.91. The number of nitrogens with one attached hydrogen (secondary N) is 1. The van der Waals surface area contributed by atoms with E-state index in [0.717, 1.165) is 11.1 Å². The zero-order valence-electron chi connectivity index (χ0n) is 11.1. The van der Waals surface area contributed by atoms with Gasteiger partial charge in [0, 0.05) is 25.4 Å². The van der Waals surface area contributed by atoms with Gasteiger partial charge in [-0.2, -0.15) is 0 Å². The lowest BCUT2D eigenvalue weighted by Gasteiger charge is -2.04. The predicted molar refractivity (Wildman–Crippen MR) is 74.8 cm³/mol. The van der Waals surface area contributed by atoms with Crippen LogP contribution in [0.1, 0.15) is 21.6 Å². The van der Waals surface area contributed by atoms with E-state index in [2.05, 4.69) is 22.1 Å². The first-order valence-corrected chi connectivity index (χ1v) is 6.14. The Balaban J connectivity index is 1.98. The summed E-state index contributed by atoms with van der Waals surface area (Å²) in [6, 6.07) is 7.50. The maximum atomic E-state index is 11.8. The number of rotatable bonds is 3. The Morgan fingerprint density at radius 3 is 3.05 bits per heavy atom. The van der Waals surface area contributed by atoms with E-state index in [4.69, 9.17) is 5.11 Å². The molecule has 0 spiro atoms. The summed E-state index contributed by atoms with van der Waals surface area (Å²) < 4.78 is 1.72. The highest BCUT2D eigenvalue weighted by atomic mass is 16.2. The highest BCUT2D eigenvalue weighted by Crippen LogP contribution is 2.04. The van der Waals surface area contributed by atoms with E-state index in [1.165, 1.54) is 0 Å². The van der Waals surface area contributed by atoms with Crippen molar-refractivity contribution in [2.75, 3.05) is 6.61 Å². The van der Waals surface area contributed by atoms with Crippen LogP contribution in [0.2, 0.25) is 0 Å². The number of aromatic nitrogens is 2. The van der Waals surface area contributed by atoms with Gasteiger partial charge in [0.25, 0.3) is 5.91 Å². The third-order valence-electron chi connectivity index (χ3n) is 2.63. The second-order valence-electron chi connectivity index (χ2n) is 4.27. The van der Waals surface area contributed by atoms with E-state index in [-0.39, 0.29) is 12.5 Å². The molecule has 5 heteroatoms. The van der Waals surface area contributed by atoms with Crippen molar-refractivity contribution in [2.24, 2.45) is 7.05 Å². The summed E-state index contributed by atoms with van der Waals surface area (Å²) in [7, 11) is 1.81. The molecule has 102 valence electrons. The van der Waals surface area contributed by atoms with Gasteiger partial charge in [0.2, 0.25) is 0 Å². The quantitative estimate of drug-likeness (QED) is 0.806. The predicted octanol–water partition coefficient (Wildman–Crippen LogP) is 0.694. The molecule has 0 aliphatic rings. The van der Waals surface area contributed by atoms with Crippen LogP contribution in [0.3, 0.4) is 0 Å². The molecule has 1 amide bonds. The molecule has 1 aromatic heterocycles. The van der Waals surface area contributed by atoms with Crippen LogP contribution in [-0.2, 0) is 13.6 Å². The van der Waals surface area contributed by atoms with Crippen LogP contribution in [0, 0.1) is 11.8 Å². The summed E-state index contributed by atoms with van der Waals surface area (Å²) in [6.45, 7) is 0.241. The lowest BCUT2D eigenvalue weighted by atomic mass is 10.1. The number of imidazole rings is 1. The van der Waals surface area contributed by atoms with Crippen molar-refractivity contribution in [3.63, 3.8) is 0 Å². The number of aryl methyl sites for hydroxylation is 1. The van der Waals surface area contributed by atoms with Crippen LogP contribution < -0.4 is 5.32 Å². The smallest absolute Gasteiger partial charge is 0.271 e. The molecule has 2 N–H and O–H groups in total. The summed E-state index contributed by atoms with van der Waals surface area (Å²) >= 11 is 0. The molecule has 0 saturated heterocycles. The van der Waals surface area contributed by atoms with Crippen LogP contribution in [0.15, 0.2) is 36.8 Å². The molecule has 5 nitrogen and oxygen atoms in total. The van der Waals surface area contributed by atoms with Crippen molar-refractivity contribution in [3.8, 4) is 11.8 Å². The minimum absolute atomic E-state index is 0.166. The average molecular weight is 269 g/mol. The first-order chi connectivity index (χ1) is 9.69. The van der Waals surface area contributed by atoms with Gasteiger partial charge in [-0.05, 0) is 17.7 Å². The van der Waals surface area contributed by atoms with Crippen molar-refractivity contribution in [2.45, 2.75) is 6.54 Å². The number of carbonyl (C=O) groups is 1. The Bertz CT molecular complexity index is 665. The van der Waals surface area contributed by atoms with Gasteiger partial charge in [0.1, 0.15) is 12.3 Å². The summed E-state index contributed by atoms with van der Waals surface area (Å²) in [5.74, 6) is 5.21. The molecule has 0 aliphatic heterocycles. The van der Waals surface area contributed by atoms with Crippen molar-refractivity contribution in [1.29, 1.82) is 0 Å². The van der Waals surface area contributed by atoms with Crippen molar-refractivity contribution >= 4 is 5.91 Å². The molecule has 2 rings (SSSR count). The topological polar surface area (TPSA) is 67.2 Å². The van der Waals surface area contributed by atoms with Gasteiger partial charge < -0.3 is 15.0 Å². The van der Waals surface area contributed by atoms with E-state index in [0.29, 0.717) is 12.2 Å². The molecule has 0 radical (unpaired) electrons. The maximum absolute atomic E-state index is 11.8. The monoisotopic (exact) mass is 269 g/mol. The summed E-state index contributed by atoms with van der Waals surface area (Å²) in [4.78, 5) is 15.8. The molecule has 0 bridgehead atoms. The molecular weight excluding hydrogens is 254 g/mol. The SMILES string of the molecule is Cn1cnc(C(=O)NCc2cccc(C#CCO)c2)c1. The van der Waals surface area contributed by atoms with E-state index in [9.17, 15) is 4.79 Å². The van der Waals surface area contributed by atoms with E-state index >= 15 is 0 Å². The summed E-state index contributed by atoms with van der Waals surface area (Å²) in [5.41, 5.74) is 2.14. The minimum atomic E-state index is -0.211. The standard InChI is InChI=1S/C15H15N3O2/c1-18-10-14(17-11-18)15(20)16-9-13-5-2-4-12(8-13)6-3-7-19/h2,4-5,8,10-11,19H,7,9H2,1H3,(H,16,20). The Morgan fingerprint density at radius 2 is 2.35 bits per heavy atom. The number of benzene rings is 1. The third kappa shape index (κ3) is 3.70. The fraction of sp³-hybridized carbons (Fsp3) is 0.200. The average Bonchev–Trinajstić information content (AvgIpc) is 2.90. The Kier molecular flexibility index (Phi) is 4.53. The Labute approximate surface area is 117 Å². The lowest BCUT2D eigenvalue weighted by molar-refractivity contribution is 0.0946. The third-order valence-corrected chi connectivity index (χ3v) is 2.63. The van der Waals surface area contributed by atoms with Crippen LogP contribution in [0.4, 0.5) is 0 Å². The van der Waals surface area contributed by atoms with Gasteiger partial charge in [-0.25, -0.2) is 4.98 Å². The Hall–Kier alpha value is -2.58. The molecule has 0 atom stereocenters. The molecule has 0 unspecified atom stereocenters. The number of hydrogen-bond acceptors (Lipinski definition) is 3. The fourth-order valence-corrected chi connectivity index (χ4v) is 1.70. The van der Waals surface area contributed by atoms with Crippen LogP contribution in [0.5, 0.6) is 0 Å². The summed E-state index contributed by atoms with van der Waals surface area (Å²) in [6.07, 6.45) is 3.25. The van der Waals surface area contributed by atoms with Crippen LogP contribution in [0.25, 0.3) is 0 Å². The first kappa shape index (κ1) is 13.8. The largest absolute Gasteiger partial charge is 0.384 e. The Morgan fingerprint density at radius 1 is 1.50 bits per heavy atom. The number of aliphatic hydroxyl groups is 1. The zero-order chi connectivity index (χ0) is 14.4. The van der Waals surface area contributed by atoms with E-state index in [1.807, 2.05) is 31.3 Å². The van der Waals surface area contributed by atoms with Crippen LogP contribution >= 0.6 is 0 Å². The van der Waals surface area contributed by atoms with E-state index < -0.39 is 0 Å². The molecule has 1 heterocycles. The number of hydrogen-bond donors (Lipinski definition) is 2. The molecular formula is C15H15N3O2. The highest BCUT2D eigenvalue weighted by Gasteiger charge is 2.07. The fourth-order valence-electron chi connectivity index (χ4n) is 1.70. The molecule has 0 fully saturated rings. The molecule has 1 aromatic carbocycles. The van der Waals surface area contributed by atoms with Crippen molar-refractivity contribution in [3.05, 3.63) is 53.6 Å². The normalized spacial score (nSPS) is 9.70.